The Morgan fingerprint density at radius 2 is 1.63 bits per heavy atom. The third-order valence-electron chi connectivity index (χ3n) is 8.95. The molecular weight excluding hydrogens is 500 g/mol. The maximum Gasteiger partial charge on any atom is 0.312 e. The average Bonchev–Trinajstić information content (AvgIpc) is 3.42. The van der Waals surface area contributed by atoms with Crippen LogP contribution in [0.15, 0.2) is 66.7 Å². The molecule has 0 saturated heterocycles. The Labute approximate surface area is 226 Å². The lowest BCUT2D eigenvalue weighted by molar-refractivity contribution is -0.171. The number of nitrogens with one attached hydrogen (secondary N) is 1. The lowest BCUT2D eigenvalue weighted by atomic mass is 9.64. The summed E-state index contributed by atoms with van der Waals surface area (Å²) in [5.74, 6) is -0.316. The lowest BCUT2D eigenvalue weighted by Crippen LogP contribution is -2.52. The number of benzene rings is 2. The van der Waals surface area contributed by atoms with Crippen LogP contribution in [0.2, 0.25) is 5.02 Å². The summed E-state index contributed by atoms with van der Waals surface area (Å²) >= 11 is 6.64. The van der Waals surface area contributed by atoms with Gasteiger partial charge in [0.2, 0.25) is 0 Å². The van der Waals surface area contributed by atoms with Crippen molar-refractivity contribution in [1.82, 2.24) is 9.97 Å². The summed E-state index contributed by atoms with van der Waals surface area (Å²) in [6, 6.07) is 22.3. The van der Waals surface area contributed by atoms with E-state index < -0.39 is 17.0 Å². The monoisotopic (exact) mass is 530 g/mol. The quantitative estimate of drug-likeness (QED) is 0.247. The first kappa shape index (κ1) is 25.0. The molecule has 196 valence electrons. The SMILES string of the molecule is CC(C)(C(=O)O)C1(O)CCC2(CC1)C[C@H]2Oc1cc2nc(-c3ccc(-c4ccccc4)cc3)c(Cl)cc2[nH]1. The van der Waals surface area contributed by atoms with Gasteiger partial charge in [-0.1, -0.05) is 66.2 Å². The van der Waals surface area contributed by atoms with Crippen LogP contribution in [-0.2, 0) is 4.79 Å². The molecule has 0 amide bonds. The molecule has 6 nitrogen and oxygen atoms in total. The van der Waals surface area contributed by atoms with Crippen molar-refractivity contribution in [2.24, 2.45) is 10.8 Å². The number of H-pyrrole nitrogens is 1. The number of aromatic nitrogens is 2. The van der Waals surface area contributed by atoms with E-state index in [2.05, 4.69) is 29.2 Å². The second kappa shape index (κ2) is 8.85. The number of carbonyl (C=O) groups is 1. The molecule has 4 aromatic rings. The number of aliphatic carboxylic acids is 1. The fourth-order valence-corrected chi connectivity index (χ4v) is 6.13. The van der Waals surface area contributed by atoms with Crippen LogP contribution in [0.4, 0.5) is 0 Å². The largest absolute Gasteiger partial charge is 0.481 e. The number of carboxylic acid groups (broad SMARTS) is 1. The molecule has 7 heteroatoms. The molecule has 2 aromatic carbocycles. The van der Waals surface area contributed by atoms with E-state index in [1.54, 1.807) is 13.8 Å². The van der Waals surface area contributed by atoms with Gasteiger partial charge in [0, 0.05) is 17.0 Å². The summed E-state index contributed by atoms with van der Waals surface area (Å²) in [6.07, 6.45) is 3.36. The number of hydrogen-bond acceptors (Lipinski definition) is 4. The molecule has 38 heavy (non-hydrogen) atoms. The van der Waals surface area contributed by atoms with Gasteiger partial charge in [0.05, 0.1) is 32.8 Å². The Hall–Kier alpha value is -3.35. The van der Waals surface area contributed by atoms with E-state index >= 15 is 0 Å². The molecule has 2 aliphatic rings. The standard InChI is InChI=1S/C31H31ClN2O4/c1-29(2,28(35)36)31(37)14-12-30(13-15-31)18-25(30)38-26-17-24-23(33-26)16-22(32)27(34-24)21-10-8-20(9-11-21)19-6-4-3-5-7-19/h3-11,16-17,25,33,37H,12-15,18H2,1-2H3,(H,35,36)/t25-,30?,31?/m1/s1. The topological polar surface area (TPSA) is 95.4 Å². The van der Waals surface area contributed by atoms with E-state index in [1.165, 1.54) is 0 Å². The van der Waals surface area contributed by atoms with Crippen LogP contribution in [0.1, 0.15) is 46.0 Å². The number of nitrogens with zero attached hydrogens (tertiary/aromatic N) is 1. The number of ether oxygens (including phenoxy) is 1. The molecule has 3 N–H and O–H groups in total. The smallest absolute Gasteiger partial charge is 0.312 e. The van der Waals surface area contributed by atoms with Crippen molar-refractivity contribution in [3.63, 3.8) is 0 Å². The maximum absolute atomic E-state index is 11.7. The Morgan fingerprint density at radius 3 is 2.29 bits per heavy atom. The van der Waals surface area contributed by atoms with Gasteiger partial charge in [-0.25, -0.2) is 4.98 Å². The highest BCUT2D eigenvalue weighted by atomic mass is 35.5. The number of fused-ring (bicyclic) bond motifs is 1. The van der Waals surface area contributed by atoms with Crippen molar-refractivity contribution in [2.45, 2.75) is 57.7 Å². The zero-order valence-corrected chi connectivity index (χ0v) is 22.3. The second-order valence-corrected chi connectivity index (χ2v) is 11.9. The molecule has 0 aliphatic heterocycles. The van der Waals surface area contributed by atoms with Gasteiger partial charge in [0.25, 0.3) is 0 Å². The van der Waals surface area contributed by atoms with Crippen LogP contribution in [-0.4, -0.2) is 37.9 Å². The average molecular weight is 531 g/mol. The molecule has 6 rings (SSSR count). The van der Waals surface area contributed by atoms with Gasteiger partial charge in [-0.05, 0) is 63.1 Å². The van der Waals surface area contributed by atoms with Gasteiger partial charge in [0.1, 0.15) is 6.10 Å². The van der Waals surface area contributed by atoms with E-state index in [0.29, 0.717) is 23.7 Å². The van der Waals surface area contributed by atoms with Crippen molar-refractivity contribution in [1.29, 1.82) is 0 Å². The highest BCUT2D eigenvalue weighted by molar-refractivity contribution is 6.33. The van der Waals surface area contributed by atoms with Gasteiger partial charge in [-0.2, -0.15) is 0 Å². The fourth-order valence-electron chi connectivity index (χ4n) is 5.87. The molecule has 2 saturated carbocycles. The number of hydrogen-bond donors (Lipinski definition) is 3. The highest BCUT2D eigenvalue weighted by Gasteiger charge is 2.62. The molecule has 1 spiro atoms. The Bertz CT molecular complexity index is 1500. The van der Waals surface area contributed by atoms with Crippen LogP contribution in [0, 0.1) is 10.8 Å². The van der Waals surface area contributed by atoms with Crippen LogP contribution >= 0.6 is 11.6 Å². The van der Waals surface area contributed by atoms with E-state index in [4.69, 9.17) is 21.3 Å². The highest BCUT2D eigenvalue weighted by Crippen LogP contribution is 2.61. The predicted octanol–water partition coefficient (Wildman–Crippen LogP) is 7.10. The normalized spacial score (nSPS) is 25.0. The first-order valence-electron chi connectivity index (χ1n) is 13.1. The molecule has 0 bridgehead atoms. The van der Waals surface area contributed by atoms with Crippen LogP contribution < -0.4 is 4.74 Å². The van der Waals surface area contributed by atoms with Gasteiger partial charge in [0.15, 0.2) is 5.88 Å². The first-order valence-corrected chi connectivity index (χ1v) is 13.5. The molecule has 2 heterocycles. The third kappa shape index (κ3) is 4.16. The van der Waals surface area contributed by atoms with Gasteiger partial charge in [-0.3, -0.25) is 4.79 Å². The van der Waals surface area contributed by atoms with Gasteiger partial charge < -0.3 is 19.9 Å². The van der Waals surface area contributed by atoms with Crippen molar-refractivity contribution >= 4 is 28.6 Å². The minimum Gasteiger partial charge on any atom is -0.481 e. The predicted molar refractivity (Wildman–Crippen MR) is 148 cm³/mol. The van der Waals surface area contributed by atoms with Crippen molar-refractivity contribution < 1.29 is 19.7 Å². The lowest BCUT2D eigenvalue weighted by Gasteiger charge is -2.44. The molecule has 0 unspecified atom stereocenters. The van der Waals surface area contributed by atoms with Gasteiger partial charge in [-0.15, -0.1) is 0 Å². The molecule has 2 aromatic heterocycles. The number of rotatable bonds is 6. The molecule has 2 aliphatic carbocycles. The summed E-state index contributed by atoms with van der Waals surface area (Å²) in [5, 5.41) is 21.2. The summed E-state index contributed by atoms with van der Waals surface area (Å²) in [6.45, 7) is 3.23. The number of carboxylic acids is 1. The van der Waals surface area contributed by atoms with Gasteiger partial charge >= 0.3 is 5.97 Å². The van der Waals surface area contributed by atoms with Crippen molar-refractivity contribution in [2.75, 3.05) is 0 Å². The number of aromatic amines is 1. The first-order chi connectivity index (χ1) is 18.1. The Balaban J connectivity index is 1.16. The number of pyridine rings is 1. The maximum atomic E-state index is 11.7. The molecule has 2 fully saturated rings. The molecule has 0 radical (unpaired) electrons. The minimum atomic E-state index is -1.20. The second-order valence-electron chi connectivity index (χ2n) is 11.5. The summed E-state index contributed by atoms with van der Waals surface area (Å²) < 4.78 is 6.32. The third-order valence-corrected chi connectivity index (χ3v) is 9.24. The van der Waals surface area contributed by atoms with Crippen molar-refractivity contribution in [3.8, 4) is 28.3 Å². The molecule has 1 atom stereocenters. The van der Waals surface area contributed by atoms with Crippen LogP contribution in [0.5, 0.6) is 5.88 Å². The van der Waals surface area contributed by atoms with Crippen LogP contribution in [0.3, 0.4) is 0 Å². The fraction of sp³-hybridized carbons (Fsp3) is 0.355. The van der Waals surface area contributed by atoms with Crippen LogP contribution in [0.25, 0.3) is 33.4 Å². The zero-order chi connectivity index (χ0) is 26.7. The Morgan fingerprint density at radius 1 is 1.00 bits per heavy atom. The zero-order valence-electron chi connectivity index (χ0n) is 21.5. The number of halogens is 1. The summed E-state index contributed by atoms with van der Waals surface area (Å²) in [7, 11) is 0. The summed E-state index contributed by atoms with van der Waals surface area (Å²) in [5.41, 5.74) is 3.17. The van der Waals surface area contributed by atoms with E-state index in [9.17, 15) is 15.0 Å². The minimum absolute atomic E-state index is 0.00512. The van der Waals surface area contributed by atoms with E-state index in [1.807, 2.05) is 42.5 Å². The van der Waals surface area contributed by atoms with E-state index in [0.717, 1.165) is 52.7 Å². The van der Waals surface area contributed by atoms with E-state index in [-0.39, 0.29) is 11.5 Å². The number of aliphatic hydroxyl groups is 1. The molecular formula is C31H31ClN2O4. The summed E-state index contributed by atoms with van der Waals surface area (Å²) in [4.78, 5) is 19.8. The van der Waals surface area contributed by atoms with Crippen molar-refractivity contribution in [3.05, 3.63) is 71.8 Å². The Kier molecular flexibility index (Phi) is 5.82.